The molecule has 192 valence electrons. The number of carboxylic acids is 1. The lowest BCUT2D eigenvalue weighted by Crippen LogP contribution is -2.58. The van der Waals surface area contributed by atoms with Gasteiger partial charge in [-0.3, -0.25) is 9.59 Å². The van der Waals surface area contributed by atoms with Crippen LogP contribution in [0.25, 0.3) is 0 Å². The monoisotopic (exact) mass is 475 g/mol. The van der Waals surface area contributed by atoms with E-state index in [0.717, 1.165) is 32.1 Å². The van der Waals surface area contributed by atoms with Gasteiger partial charge in [0, 0.05) is 19.5 Å². The van der Waals surface area contributed by atoms with E-state index in [0.29, 0.717) is 55.0 Å². The molecule has 1 amide bonds. The van der Waals surface area contributed by atoms with E-state index < -0.39 is 5.97 Å². The maximum atomic E-state index is 12.6. The average molecular weight is 476 g/mol. The van der Waals surface area contributed by atoms with Gasteiger partial charge in [-0.05, 0) is 104 Å². The zero-order valence-corrected chi connectivity index (χ0v) is 21.3. The van der Waals surface area contributed by atoms with Crippen molar-refractivity contribution in [3.8, 4) is 0 Å². The van der Waals surface area contributed by atoms with Crippen molar-refractivity contribution >= 4 is 11.9 Å². The minimum absolute atomic E-state index is 0.105. The number of rotatable bonds is 5. The first-order valence-electron chi connectivity index (χ1n) is 13.9. The normalized spacial score (nSPS) is 47.2. The number of fused-ring (bicyclic) bond motifs is 5. The molecule has 4 saturated carbocycles. The Morgan fingerprint density at radius 2 is 1.65 bits per heavy atom. The van der Waals surface area contributed by atoms with Crippen molar-refractivity contribution in [2.45, 2.75) is 97.2 Å². The Morgan fingerprint density at radius 1 is 0.971 bits per heavy atom. The van der Waals surface area contributed by atoms with Crippen molar-refractivity contribution in [1.82, 2.24) is 4.90 Å². The highest BCUT2D eigenvalue weighted by Crippen LogP contribution is 2.68. The molecule has 0 aromatic rings. The number of hydrogen-bond donors (Lipinski definition) is 3. The van der Waals surface area contributed by atoms with Gasteiger partial charge in [0.15, 0.2) is 0 Å². The lowest BCUT2D eigenvalue weighted by atomic mass is 9.43. The molecule has 6 heteroatoms. The number of amides is 1. The Hall–Kier alpha value is -1.14. The van der Waals surface area contributed by atoms with Gasteiger partial charge in [-0.1, -0.05) is 20.8 Å². The van der Waals surface area contributed by atoms with Gasteiger partial charge in [0.2, 0.25) is 5.91 Å². The van der Waals surface area contributed by atoms with Crippen molar-refractivity contribution in [3.63, 3.8) is 0 Å². The van der Waals surface area contributed by atoms with Gasteiger partial charge >= 0.3 is 5.97 Å². The molecule has 0 aromatic carbocycles. The number of likely N-dealkylation sites (tertiary alicyclic amines) is 1. The van der Waals surface area contributed by atoms with Gasteiger partial charge in [0.05, 0.1) is 18.1 Å². The van der Waals surface area contributed by atoms with Crippen LogP contribution < -0.4 is 0 Å². The Bertz CT molecular complexity index is 811. The molecule has 5 fully saturated rings. The summed E-state index contributed by atoms with van der Waals surface area (Å²) in [5.41, 5.74) is 0.485. The summed E-state index contributed by atoms with van der Waals surface area (Å²) in [6.45, 7) is 7.97. The third kappa shape index (κ3) is 3.82. The van der Waals surface area contributed by atoms with E-state index in [9.17, 15) is 19.8 Å². The van der Waals surface area contributed by atoms with Crippen LogP contribution in [0.5, 0.6) is 0 Å². The largest absolute Gasteiger partial charge is 0.481 e. The maximum absolute atomic E-state index is 12.6. The molecule has 0 aromatic heterocycles. The second-order valence-electron chi connectivity index (χ2n) is 13.3. The van der Waals surface area contributed by atoms with Crippen molar-refractivity contribution in [3.05, 3.63) is 0 Å². The number of carbonyl (C=O) groups is 2. The predicted molar refractivity (Wildman–Crippen MR) is 129 cm³/mol. The third-order valence-corrected chi connectivity index (χ3v) is 11.8. The van der Waals surface area contributed by atoms with Gasteiger partial charge in [-0.15, -0.1) is 0 Å². The van der Waals surface area contributed by atoms with Crippen LogP contribution >= 0.6 is 0 Å². The summed E-state index contributed by atoms with van der Waals surface area (Å²) < 4.78 is 0. The molecule has 34 heavy (non-hydrogen) atoms. The molecule has 6 nitrogen and oxygen atoms in total. The summed E-state index contributed by atoms with van der Waals surface area (Å²) in [6, 6.07) is 0. The third-order valence-electron chi connectivity index (χ3n) is 11.8. The highest BCUT2D eigenvalue weighted by Gasteiger charge is 2.62. The number of aliphatic hydroxyl groups is 2. The fourth-order valence-electron chi connectivity index (χ4n) is 9.72. The minimum atomic E-state index is -0.799. The van der Waals surface area contributed by atoms with E-state index >= 15 is 0 Å². The zero-order valence-electron chi connectivity index (χ0n) is 21.3. The molecule has 1 aliphatic heterocycles. The predicted octanol–water partition coefficient (Wildman–Crippen LogP) is 3.94. The molecule has 0 spiro atoms. The Morgan fingerprint density at radius 3 is 2.35 bits per heavy atom. The van der Waals surface area contributed by atoms with E-state index in [1.807, 2.05) is 0 Å². The number of hydrogen-bond acceptors (Lipinski definition) is 4. The van der Waals surface area contributed by atoms with Gasteiger partial charge in [0.1, 0.15) is 0 Å². The molecule has 0 radical (unpaired) electrons. The number of carboxylic acid groups (broad SMARTS) is 1. The summed E-state index contributed by atoms with van der Waals surface area (Å²) in [7, 11) is 0. The molecular weight excluding hydrogens is 430 g/mol. The van der Waals surface area contributed by atoms with Crippen molar-refractivity contribution < 1.29 is 24.9 Å². The molecule has 0 bridgehead atoms. The molecule has 10 atom stereocenters. The second kappa shape index (κ2) is 8.76. The smallest absolute Gasteiger partial charge is 0.310 e. The summed E-state index contributed by atoms with van der Waals surface area (Å²) in [5.74, 6) is 1.91. The van der Waals surface area contributed by atoms with Gasteiger partial charge in [-0.2, -0.15) is 0 Å². The Labute approximate surface area is 204 Å². The lowest BCUT2D eigenvalue weighted by Gasteiger charge is -2.62. The van der Waals surface area contributed by atoms with Gasteiger partial charge in [-0.25, -0.2) is 0 Å². The Balaban J connectivity index is 1.23. The molecule has 0 unspecified atom stereocenters. The van der Waals surface area contributed by atoms with Crippen LogP contribution in [-0.2, 0) is 9.59 Å². The van der Waals surface area contributed by atoms with Crippen molar-refractivity contribution in [1.29, 1.82) is 0 Å². The molecular formula is C28H45NO5. The quantitative estimate of drug-likeness (QED) is 0.560. The van der Waals surface area contributed by atoms with E-state index in [2.05, 4.69) is 20.8 Å². The highest BCUT2D eigenvalue weighted by atomic mass is 16.4. The standard InChI is InChI=1S/C28H45NO5/c1-16(4-7-24(32)29-14-17(15-29)26(33)34)20-5-6-21-25-22(9-11-28(20,21)3)27(2)10-8-19(30)12-18(27)13-23(25)31/h16-23,25,30-31H,4-15H2,1-3H3,(H,33,34)/t16-,18+,19-,20-,21+,22+,23+,25+,27+,28-/m1/s1. The summed E-state index contributed by atoms with van der Waals surface area (Å²) in [5, 5.41) is 30.7. The van der Waals surface area contributed by atoms with Crippen LogP contribution in [0.4, 0.5) is 0 Å². The molecule has 5 rings (SSSR count). The van der Waals surface area contributed by atoms with Crippen LogP contribution in [0, 0.1) is 52.3 Å². The lowest BCUT2D eigenvalue weighted by molar-refractivity contribution is -0.174. The van der Waals surface area contributed by atoms with Crippen molar-refractivity contribution in [2.24, 2.45) is 52.3 Å². The molecule has 1 heterocycles. The van der Waals surface area contributed by atoms with E-state index in [-0.39, 0.29) is 34.9 Å². The first-order chi connectivity index (χ1) is 16.0. The second-order valence-corrected chi connectivity index (χ2v) is 13.3. The van der Waals surface area contributed by atoms with Gasteiger partial charge < -0.3 is 20.2 Å². The molecule has 4 aliphatic carbocycles. The van der Waals surface area contributed by atoms with Crippen molar-refractivity contribution in [2.75, 3.05) is 13.1 Å². The summed E-state index contributed by atoms with van der Waals surface area (Å²) in [4.78, 5) is 25.3. The zero-order chi connectivity index (χ0) is 24.4. The number of aliphatic carboxylic acids is 1. The molecule has 3 N–H and O–H groups in total. The van der Waals surface area contributed by atoms with Gasteiger partial charge in [0.25, 0.3) is 0 Å². The van der Waals surface area contributed by atoms with E-state index in [1.165, 1.54) is 25.7 Å². The number of carbonyl (C=O) groups excluding carboxylic acids is 1. The first kappa shape index (κ1) is 24.5. The maximum Gasteiger partial charge on any atom is 0.310 e. The number of nitrogens with zero attached hydrogens (tertiary/aromatic N) is 1. The fourth-order valence-corrected chi connectivity index (χ4v) is 9.72. The Kier molecular flexibility index (Phi) is 6.32. The van der Waals surface area contributed by atoms with Crippen LogP contribution in [0.2, 0.25) is 0 Å². The van der Waals surface area contributed by atoms with E-state index in [4.69, 9.17) is 5.11 Å². The minimum Gasteiger partial charge on any atom is -0.481 e. The van der Waals surface area contributed by atoms with E-state index in [1.54, 1.807) is 4.90 Å². The summed E-state index contributed by atoms with van der Waals surface area (Å²) >= 11 is 0. The highest BCUT2D eigenvalue weighted by molar-refractivity contribution is 5.80. The van der Waals surface area contributed by atoms with Crippen LogP contribution in [0.15, 0.2) is 0 Å². The first-order valence-corrected chi connectivity index (χ1v) is 13.9. The molecule has 1 saturated heterocycles. The fraction of sp³-hybridized carbons (Fsp3) is 0.929. The molecule has 5 aliphatic rings. The van der Waals surface area contributed by atoms with Crippen LogP contribution in [0.1, 0.15) is 85.0 Å². The topological polar surface area (TPSA) is 98.1 Å². The average Bonchev–Trinajstić information content (AvgIpc) is 3.09. The van der Waals surface area contributed by atoms with Crippen LogP contribution in [-0.4, -0.2) is 57.4 Å². The van der Waals surface area contributed by atoms with Crippen LogP contribution in [0.3, 0.4) is 0 Å². The number of aliphatic hydroxyl groups excluding tert-OH is 2. The SMILES string of the molecule is C[C@H](CCC(=O)N1CC(C(=O)O)C1)[C@H]1CC[C@H]2[C@@H]3[C@@H](O)C[C@@H]4C[C@H](O)CC[C@]4(C)[C@H]3CC[C@]12C. The summed E-state index contributed by atoms with van der Waals surface area (Å²) in [6.07, 6.45) is 9.43.